The molecule has 90 valence electrons. The molecule has 0 bridgehead atoms. The van der Waals surface area contributed by atoms with E-state index < -0.39 is 0 Å². The van der Waals surface area contributed by atoms with Crippen LogP contribution in [0.4, 0.5) is 5.69 Å². The van der Waals surface area contributed by atoms with Crippen LogP contribution in [-0.2, 0) is 6.54 Å². The second kappa shape index (κ2) is 5.09. The third kappa shape index (κ3) is 2.91. The lowest BCUT2D eigenvalue weighted by atomic mass is 10.4. The molecule has 0 unspecified atom stereocenters. The van der Waals surface area contributed by atoms with Gasteiger partial charge in [-0.1, -0.05) is 0 Å². The first-order valence-electron chi connectivity index (χ1n) is 5.41. The lowest BCUT2D eigenvalue weighted by molar-refractivity contribution is 0.636. The summed E-state index contributed by atoms with van der Waals surface area (Å²) in [5.41, 5.74) is 1.61. The number of thiazole rings is 1. The predicted octanol–water partition coefficient (Wildman–Crippen LogP) is 1.49. The van der Waals surface area contributed by atoms with E-state index in [1.54, 1.807) is 23.6 Å². The van der Waals surface area contributed by atoms with Gasteiger partial charge in [-0.3, -0.25) is 4.79 Å². The van der Waals surface area contributed by atoms with Gasteiger partial charge in [0.05, 0.1) is 18.4 Å². The third-order valence-corrected chi connectivity index (χ3v) is 3.15. The molecule has 0 aliphatic rings. The fourth-order valence-electron chi connectivity index (χ4n) is 1.46. The zero-order chi connectivity index (χ0) is 12.3. The van der Waals surface area contributed by atoms with Crippen molar-refractivity contribution < 1.29 is 0 Å². The Morgan fingerprint density at radius 3 is 2.94 bits per heavy atom. The Hall–Kier alpha value is -1.69. The van der Waals surface area contributed by atoms with Crippen molar-refractivity contribution in [1.29, 1.82) is 0 Å². The van der Waals surface area contributed by atoms with Crippen LogP contribution in [0.15, 0.2) is 22.4 Å². The van der Waals surface area contributed by atoms with Gasteiger partial charge in [0.2, 0.25) is 0 Å². The molecule has 0 radical (unpaired) electrons. The van der Waals surface area contributed by atoms with E-state index in [-0.39, 0.29) is 5.56 Å². The predicted molar refractivity (Wildman–Crippen MR) is 68.6 cm³/mol. The van der Waals surface area contributed by atoms with Gasteiger partial charge < -0.3 is 5.32 Å². The van der Waals surface area contributed by atoms with E-state index in [0.717, 1.165) is 22.9 Å². The molecule has 2 aromatic heterocycles. The summed E-state index contributed by atoms with van der Waals surface area (Å²) in [5.74, 6) is 0. The van der Waals surface area contributed by atoms with Crippen molar-refractivity contribution in [3.8, 4) is 0 Å². The number of nitrogens with one attached hydrogen (secondary N) is 1. The summed E-state index contributed by atoms with van der Waals surface area (Å²) in [6.45, 7) is 5.12. The molecular weight excluding hydrogens is 236 g/mol. The number of nitrogens with zero attached hydrogens (tertiary/aromatic N) is 3. The summed E-state index contributed by atoms with van der Waals surface area (Å²) in [6, 6.07) is 1.55. The van der Waals surface area contributed by atoms with Gasteiger partial charge in [-0.2, -0.15) is 5.10 Å². The van der Waals surface area contributed by atoms with Gasteiger partial charge in [0.25, 0.3) is 5.56 Å². The monoisotopic (exact) mass is 250 g/mol. The maximum Gasteiger partial charge on any atom is 0.269 e. The standard InChI is InChI=1S/C11H14N4OS/c1-3-12-9-4-11(16)15(13-5-9)6-10-14-8(2)7-17-10/h4-5,7,12H,3,6H2,1-2H3. The molecule has 6 heteroatoms. The average molecular weight is 250 g/mol. The molecule has 0 fully saturated rings. The molecule has 0 atom stereocenters. The van der Waals surface area contributed by atoms with E-state index in [1.165, 1.54) is 4.68 Å². The quantitative estimate of drug-likeness (QED) is 0.893. The van der Waals surface area contributed by atoms with Crippen molar-refractivity contribution in [2.24, 2.45) is 0 Å². The highest BCUT2D eigenvalue weighted by atomic mass is 32.1. The van der Waals surface area contributed by atoms with Crippen LogP contribution >= 0.6 is 11.3 Å². The maximum absolute atomic E-state index is 11.8. The van der Waals surface area contributed by atoms with E-state index in [9.17, 15) is 4.79 Å². The van der Waals surface area contributed by atoms with Crippen molar-refractivity contribution in [2.75, 3.05) is 11.9 Å². The van der Waals surface area contributed by atoms with Crippen LogP contribution in [0.2, 0.25) is 0 Å². The number of aryl methyl sites for hydroxylation is 1. The summed E-state index contributed by atoms with van der Waals surface area (Å²) in [4.78, 5) is 16.1. The van der Waals surface area contributed by atoms with Gasteiger partial charge in [-0.25, -0.2) is 9.67 Å². The Bertz CT molecular complexity index is 561. The van der Waals surface area contributed by atoms with Gasteiger partial charge in [0.1, 0.15) is 5.01 Å². The molecule has 2 aromatic rings. The highest BCUT2D eigenvalue weighted by Gasteiger charge is 2.03. The second-order valence-electron chi connectivity index (χ2n) is 3.65. The zero-order valence-electron chi connectivity index (χ0n) is 9.80. The summed E-state index contributed by atoms with van der Waals surface area (Å²) in [5, 5.41) is 10.0. The Morgan fingerprint density at radius 2 is 2.35 bits per heavy atom. The largest absolute Gasteiger partial charge is 0.384 e. The molecule has 1 N–H and O–H groups in total. The van der Waals surface area contributed by atoms with Gasteiger partial charge >= 0.3 is 0 Å². The number of rotatable bonds is 4. The molecule has 0 aromatic carbocycles. The summed E-state index contributed by atoms with van der Waals surface area (Å²) >= 11 is 1.54. The van der Waals surface area contributed by atoms with Crippen LogP contribution in [0.5, 0.6) is 0 Å². The summed E-state index contributed by atoms with van der Waals surface area (Å²) in [7, 11) is 0. The Kier molecular flexibility index (Phi) is 3.53. The molecule has 2 heterocycles. The lowest BCUT2D eigenvalue weighted by Crippen LogP contribution is -2.23. The summed E-state index contributed by atoms with van der Waals surface area (Å²) in [6.07, 6.45) is 1.66. The molecule has 0 amide bonds. The first-order chi connectivity index (χ1) is 8.19. The molecule has 5 nitrogen and oxygen atoms in total. The van der Waals surface area contributed by atoms with Crippen LogP contribution in [0.3, 0.4) is 0 Å². The normalized spacial score (nSPS) is 10.5. The summed E-state index contributed by atoms with van der Waals surface area (Å²) < 4.78 is 1.42. The first-order valence-corrected chi connectivity index (χ1v) is 6.29. The SMILES string of the molecule is CCNc1cnn(Cc2nc(C)cs2)c(=O)c1. The van der Waals surface area contributed by atoms with Crippen LogP contribution < -0.4 is 10.9 Å². The Morgan fingerprint density at radius 1 is 1.53 bits per heavy atom. The maximum atomic E-state index is 11.8. The van der Waals surface area contributed by atoms with Crippen LogP contribution in [0.1, 0.15) is 17.6 Å². The van der Waals surface area contributed by atoms with E-state index >= 15 is 0 Å². The van der Waals surface area contributed by atoms with Crippen molar-refractivity contribution in [3.05, 3.63) is 38.7 Å². The van der Waals surface area contributed by atoms with Crippen LogP contribution in [0, 0.1) is 6.92 Å². The fraction of sp³-hybridized carbons (Fsp3) is 0.364. The highest BCUT2D eigenvalue weighted by Crippen LogP contribution is 2.09. The van der Waals surface area contributed by atoms with E-state index in [1.807, 2.05) is 19.2 Å². The first kappa shape index (κ1) is 11.8. The molecule has 0 aliphatic carbocycles. The number of aromatic nitrogens is 3. The van der Waals surface area contributed by atoms with Crippen molar-refractivity contribution >= 4 is 17.0 Å². The van der Waals surface area contributed by atoms with Crippen molar-refractivity contribution in [1.82, 2.24) is 14.8 Å². The van der Waals surface area contributed by atoms with Gasteiger partial charge in [0.15, 0.2) is 0 Å². The number of hydrogen-bond donors (Lipinski definition) is 1. The molecule has 2 rings (SSSR count). The molecule has 0 saturated heterocycles. The topological polar surface area (TPSA) is 59.8 Å². The van der Waals surface area contributed by atoms with Crippen molar-refractivity contribution in [2.45, 2.75) is 20.4 Å². The van der Waals surface area contributed by atoms with Crippen molar-refractivity contribution in [3.63, 3.8) is 0 Å². The highest BCUT2D eigenvalue weighted by molar-refractivity contribution is 7.09. The number of hydrogen-bond acceptors (Lipinski definition) is 5. The Balaban J connectivity index is 2.19. The minimum atomic E-state index is -0.115. The Labute approximate surface area is 103 Å². The van der Waals surface area contributed by atoms with Gasteiger partial charge in [-0.15, -0.1) is 11.3 Å². The molecule has 0 aliphatic heterocycles. The lowest BCUT2D eigenvalue weighted by Gasteiger charge is -2.04. The van der Waals surface area contributed by atoms with E-state index in [2.05, 4.69) is 15.4 Å². The molecule has 0 spiro atoms. The number of anilines is 1. The zero-order valence-corrected chi connectivity index (χ0v) is 10.6. The van der Waals surface area contributed by atoms with Crippen LogP contribution in [0.25, 0.3) is 0 Å². The third-order valence-electron chi connectivity index (χ3n) is 2.20. The minimum absolute atomic E-state index is 0.115. The molecule has 17 heavy (non-hydrogen) atoms. The van der Waals surface area contributed by atoms with E-state index in [0.29, 0.717) is 6.54 Å². The van der Waals surface area contributed by atoms with Gasteiger partial charge in [-0.05, 0) is 13.8 Å². The average Bonchev–Trinajstić information content (AvgIpc) is 2.69. The fourth-order valence-corrected chi connectivity index (χ4v) is 2.21. The van der Waals surface area contributed by atoms with E-state index in [4.69, 9.17) is 0 Å². The smallest absolute Gasteiger partial charge is 0.269 e. The molecule has 0 saturated carbocycles. The second-order valence-corrected chi connectivity index (χ2v) is 4.60. The van der Waals surface area contributed by atoms with Crippen LogP contribution in [-0.4, -0.2) is 21.3 Å². The molecular formula is C11H14N4OS. The minimum Gasteiger partial charge on any atom is -0.384 e. The van der Waals surface area contributed by atoms with Gasteiger partial charge in [0, 0.05) is 23.7 Å².